The van der Waals surface area contributed by atoms with E-state index in [1.165, 1.54) is 0 Å². The van der Waals surface area contributed by atoms with Gasteiger partial charge in [0.05, 0.1) is 0 Å². The van der Waals surface area contributed by atoms with Gasteiger partial charge in [0.2, 0.25) is 5.95 Å². The van der Waals surface area contributed by atoms with Gasteiger partial charge in [-0.2, -0.15) is 4.68 Å². The molecule has 1 aliphatic rings. The SMILES string of the molecule is CC(=O)C1=C(C)Nc2nnnn2[C@@H]1c1ccccc1. The molecule has 0 spiro atoms. The number of benzene rings is 1. The zero-order valence-electron chi connectivity index (χ0n) is 10.7. The molecule has 0 saturated heterocycles. The number of nitrogens with zero attached hydrogens (tertiary/aromatic N) is 4. The molecule has 0 amide bonds. The Kier molecular flexibility index (Phi) is 2.63. The number of aromatic nitrogens is 4. The van der Waals surface area contributed by atoms with E-state index in [1.54, 1.807) is 11.6 Å². The molecular weight excluding hydrogens is 242 g/mol. The highest BCUT2D eigenvalue weighted by molar-refractivity contribution is 5.96. The number of nitrogens with one attached hydrogen (secondary N) is 1. The largest absolute Gasteiger partial charge is 0.327 e. The van der Waals surface area contributed by atoms with Gasteiger partial charge < -0.3 is 5.32 Å². The van der Waals surface area contributed by atoms with E-state index in [2.05, 4.69) is 20.8 Å². The molecule has 19 heavy (non-hydrogen) atoms. The zero-order chi connectivity index (χ0) is 13.4. The summed E-state index contributed by atoms with van der Waals surface area (Å²) in [5.74, 6) is 0.566. The number of hydrogen-bond acceptors (Lipinski definition) is 5. The average molecular weight is 255 g/mol. The topological polar surface area (TPSA) is 72.7 Å². The molecule has 96 valence electrons. The molecule has 0 saturated carbocycles. The quantitative estimate of drug-likeness (QED) is 0.881. The number of Topliss-reactive ketones (excluding diaryl/α,β-unsaturated/α-hetero) is 1. The lowest BCUT2D eigenvalue weighted by molar-refractivity contribution is -0.114. The van der Waals surface area contributed by atoms with Crippen molar-refractivity contribution in [1.29, 1.82) is 0 Å². The molecular formula is C13H13N5O. The molecule has 3 rings (SSSR count). The number of carbonyl (C=O) groups excluding carboxylic acids is 1. The fourth-order valence-corrected chi connectivity index (χ4v) is 2.41. The normalized spacial score (nSPS) is 17.9. The summed E-state index contributed by atoms with van der Waals surface area (Å²) in [5, 5.41) is 14.6. The van der Waals surface area contributed by atoms with Gasteiger partial charge in [-0.05, 0) is 29.8 Å². The van der Waals surface area contributed by atoms with Crippen molar-refractivity contribution < 1.29 is 4.79 Å². The van der Waals surface area contributed by atoms with Crippen LogP contribution in [0.3, 0.4) is 0 Å². The monoisotopic (exact) mass is 255 g/mol. The number of fused-ring (bicyclic) bond motifs is 1. The van der Waals surface area contributed by atoms with Crippen LogP contribution in [0.2, 0.25) is 0 Å². The van der Waals surface area contributed by atoms with Crippen molar-refractivity contribution in [3.8, 4) is 0 Å². The van der Waals surface area contributed by atoms with Gasteiger partial charge in [-0.15, -0.1) is 0 Å². The van der Waals surface area contributed by atoms with E-state index in [4.69, 9.17) is 0 Å². The fourth-order valence-electron chi connectivity index (χ4n) is 2.41. The third-order valence-corrected chi connectivity index (χ3v) is 3.21. The van der Waals surface area contributed by atoms with E-state index >= 15 is 0 Å². The van der Waals surface area contributed by atoms with Crippen LogP contribution in [0.15, 0.2) is 41.6 Å². The summed E-state index contributed by atoms with van der Waals surface area (Å²) in [5.41, 5.74) is 2.47. The van der Waals surface area contributed by atoms with Crippen LogP contribution in [0.1, 0.15) is 25.5 Å². The first-order chi connectivity index (χ1) is 9.18. The Morgan fingerprint density at radius 1 is 1.32 bits per heavy atom. The number of allylic oxidation sites excluding steroid dienone is 2. The molecule has 2 heterocycles. The van der Waals surface area contributed by atoms with Crippen molar-refractivity contribution in [2.45, 2.75) is 19.9 Å². The molecule has 1 atom stereocenters. The minimum atomic E-state index is -0.273. The minimum absolute atomic E-state index is 0.0139. The van der Waals surface area contributed by atoms with Gasteiger partial charge in [0.1, 0.15) is 6.04 Å². The zero-order valence-corrected chi connectivity index (χ0v) is 10.7. The van der Waals surface area contributed by atoms with Crippen LogP contribution >= 0.6 is 0 Å². The maximum Gasteiger partial charge on any atom is 0.248 e. The Morgan fingerprint density at radius 2 is 2.05 bits per heavy atom. The van der Waals surface area contributed by atoms with Crippen LogP contribution in [0.5, 0.6) is 0 Å². The molecule has 2 aromatic rings. The molecule has 1 aromatic heterocycles. The number of ketones is 1. The van der Waals surface area contributed by atoms with E-state index < -0.39 is 0 Å². The lowest BCUT2D eigenvalue weighted by Gasteiger charge is -2.27. The van der Waals surface area contributed by atoms with Gasteiger partial charge >= 0.3 is 0 Å². The number of hydrogen-bond donors (Lipinski definition) is 1. The molecule has 1 aliphatic heterocycles. The highest BCUT2D eigenvalue weighted by atomic mass is 16.1. The summed E-state index contributed by atoms with van der Waals surface area (Å²) in [6.07, 6.45) is 0. The Balaban J connectivity index is 2.21. The Hall–Kier alpha value is -2.50. The van der Waals surface area contributed by atoms with E-state index in [0.717, 1.165) is 11.3 Å². The number of carbonyl (C=O) groups is 1. The summed E-state index contributed by atoms with van der Waals surface area (Å²) >= 11 is 0. The number of anilines is 1. The maximum atomic E-state index is 11.9. The van der Waals surface area contributed by atoms with Crippen LogP contribution in [-0.4, -0.2) is 26.0 Å². The first kappa shape index (κ1) is 11.6. The predicted octanol–water partition coefficient (Wildman–Crippen LogP) is 1.55. The number of tetrazole rings is 1. The van der Waals surface area contributed by atoms with Gasteiger partial charge in [0.25, 0.3) is 0 Å². The second-order valence-corrected chi connectivity index (χ2v) is 4.48. The lowest BCUT2D eigenvalue weighted by Crippen LogP contribution is -2.27. The average Bonchev–Trinajstić information content (AvgIpc) is 2.85. The summed E-state index contributed by atoms with van der Waals surface area (Å²) in [6, 6.07) is 9.48. The van der Waals surface area contributed by atoms with Crippen LogP contribution in [0.4, 0.5) is 5.95 Å². The van der Waals surface area contributed by atoms with Crippen LogP contribution in [0.25, 0.3) is 0 Å². The van der Waals surface area contributed by atoms with Crippen molar-refractivity contribution in [3.63, 3.8) is 0 Å². The lowest BCUT2D eigenvalue weighted by atomic mass is 9.93. The second-order valence-electron chi connectivity index (χ2n) is 4.48. The third-order valence-electron chi connectivity index (χ3n) is 3.21. The maximum absolute atomic E-state index is 11.9. The summed E-state index contributed by atoms with van der Waals surface area (Å²) in [6.45, 7) is 3.43. The van der Waals surface area contributed by atoms with Gasteiger partial charge in [-0.1, -0.05) is 35.4 Å². The fraction of sp³-hybridized carbons (Fsp3) is 0.231. The molecule has 1 N–H and O–H groups in total. The van der Waals surface area contributed by atoms with Gasteiger partial charge in [0, 0.05) is 11.3 Å². The van der Waals surface area contributed by atoms with Crippen molar-refractivity contribution >= 4 is 11.7 Å². The highest BCUT2D eigenvalue weighted by Gasteiger charge is 2.31. The summed E-state index contributed by atoms with van der Waals surface area (Å²) < 4.78 is 1.64. The molecule has 0 fully saturated rings. The van der Waals surface area contributed by atoms with Crippen LogP contribution < -0.4 is 5.32 Å². The molecule has 0 unspecified atom stereocenters. The molecule has 6 heteroatoms. The molecule has 0 radical (unpaired) electrons. The van der Waals surface area contributed by atoms with Gasteiger partial charge in [0.15, 0.2) is 5.78 Å². The molecule has 0 bridgehead atoms. The molecule has 6 nitrogen and oxygen atoms in total. The van der Waals surface area contributed by atoms with E-state index in [0.29, 0.717) is 11.5 Å². The smallest absolute Gasteiger partial charge is 0.248 e. The Labute approximate surface area is 110 Å². The van der Waals surface area contributed by atoms with Crippen molar-refractivity contribution in [3.05, 3.63) is 47.2 Å². The van der Waals surface area contributed by atoms with E-state index in [9.17, 15) is 4.79 Å². The van der Waals surface area contributed by atoms with E-state index in [-0.39, 0.29) is 11.8 Å². The third kappa shape index (κ3) is 1.81. The van der Waals surface area contributed by atoms with Crippen molar-refractivity contribution in [2.24, 2.45) is 0 Å². The Bertz CT molecular complexity index is 659. The second kappa shape index (κ2) is 4.31. The highest BCUT2D eigenvalue weighted by Crippen LogP contribution is 2.34. The first-order valence-electron chi connectivity index (χ1n) is 6.00. The van der Waals surface area contributed by atoms with Crippen molar-refractivity contribution in [1.82, 2.24) is 20.2 Å². The molecule has 0 aliphatic carbocycles. The standard InChI is InChI=1S/C13H13N5O/c1-8-11(9(2)19)12(10-6-4-3-5-7-10)18-13(14-8)15-16-17-18/h3-7,12H,1-2H3,(H,14,15,17)/t12-/m1/s1. The van der Waals surface area contributed by atoms with Crippen LogP contribution in [-0.2, 0) is 4.79 Å². The molecule has 1 aromatic carbocycles. The van der Waals surface area contributed by atoms with E-state index in [1.807, 2.05) is 37.3 Å². The summed E-state index contributed by atoms with van der Waals surface area (Å²) in [4.78, 5) is 11.9. The predicted molar refractivity (Wildman–Crippen MR) is 69.4 cm³/mol. The first-order valence-corrected chi connectivity index (χ1v) is 6.00. The Morgan fingerprint density at radius 3 is 2.74 bits per heavy atom. The van der Waals surface area contributed by atoms with Crippen LogP contribution in [0, 0.1) is 0 Å². The van der Waals surface area contributed by atoms with Gasteiger partial charge in [-0.3, -0.25) is 4.79 Å². The summed E-state index contributed by atoms with van der Waals surface area (Å²) in [7, 11) is 0. The number of rotatable bonds is 2. The van der Waals surface area contributed by atoms with Crippen molar-refractivity contribution in [2.75, 3.05) is 5.32 Å². The van der Waals surface area contributed by atoms with Gasteiger partial charge in [-0.25, -0.2) is 0 Å². The minimum Gasteiger partial charge on any atom is -0.327 e.